The topological polar surface area (TPSA) is 78.0 Å². The van der Waals surface area contributed by atoms with Gasteiger partial charge in [0, 0.05) is 29.4 Å². The van der Waals surface area contributed by atoms with Crippen LogP contribution in [0, 0.1) is 0 Å². The Hall–Kier alpha value is -2.92. The van der Waals surface area contributed by atoms with Crippen molar-refractivity contribution in [2.75, 3.05) is 11.9 Å². The fourth-order valence-electron chi connectivity index (χ4n) is 2.23. The number of aromatic amines is 1. The first-order valence-electron chi connectivity index (χ1n) is 6.89. The van der Waals surface area contributed by atoms with Crippen molar-refractivity contribution in [1.82, 2.24) is 9.97 Å². The van der Waals surface area contributed by atoms with Gasteiger partial charge in [-0.1, -0.05) is 36.4 Å². The van der Waals surface area contributed by atoms with E-state index in [-0.39, 0.29) is 12.5 Å². The van der Waals surface area contributed by atoms with Crippen molar-refractivity contribution >= 4 is 22.6 Å². The molecule has 0 bridgehead atoms. The molecule has 2 aromatic heterocycles. The molecule has 22 heavy (non-hydrogen) atoms. The summed E-state index contributed by atoms with van der Waals surface area (Å²) in [5, 5.41) is 12.3. The Labute approximate surface area is 127 Å². The molecule has 5 nitrogen and oxygen atoms in total. The molecule has 0 aliphatic carbocycles. The number of hydrogen-bond donors (Lipinski definition) is 3. The number of amides is 1. The van der Waals surface area contributed by atoms with Crippen LogP contribution in [0.5, 0.6) is 0 Å². The summed E-state index contributed by atoms with van der Waals surface area (Å²) < 4.78 is 0. The summed E-state index contributed by atoms with van der Waals surface area (Å²) >= 11 is 0. The molecule has 1 amide bonds. The molecule has 0 unspecified atom stereocenters. The number of carbonyl (C=O) groups excluding carboxylic acids is 1. The highest BCUT2D eigenvalue weighted by molar-refractivity contribution is 6.05. The molecule has 0 atom stereocenters. The summed E-state index contributed by atoms with van der Waals surface area (Å²) in [6.07, 6.45) is 6.19. The van der Waals surface area contributed by atoms with Crippen LogP contribution in [0.4, 0.5) is 5.69 Å². The highest BCUT2D eigenvalue weighted by Crippen LogP contribution is 2.27. The molecule has 3 rings (SSSR count). The Morgan fingerprint density at radius 3 is 2.86 bits per heavy atom. The van der Waals surface area contributed by atoms with Crippen LogP contribution in [0.15, 0.2) is 60.9 Å². The van der Waals surface area contributed by atoms with Crippen LogP contribution in [0.2, 0.25) is 0 Å². The Kier molecular flexibility index (Phi) is 3.98. The molecule has 3 aromatic rings. The molecule has 110 valence electrons. The number of aliphatic hydroxyl groups excluding tert-OH is 1. The number of nitrogens with one attached hydrogen (secondary N) is 2. The van der Waals surface area contributed by atoms with Gasteiger partial charge in [0.1, 0.15) is 5.65 Å². The number of aromatic nitrogens is 2. The Bertz CT molecular complexity index is 822. The average Bonchev–Trinajstić information content (AvgIpc) is 2.96. The van der Waals surface area contributed by atoms with E-state index in [1.54, 1.807) is 12.4 Å². The van der Waals surface area contributed by atoms with Crippen LogP contribution in [-0.4, -0.2) is 27.6 Å². The van der Waals surface area contributed by atoms with Crippen molar-refractivity contribution < 1.29 is 9.90 Å². The van der Waals surface area contributed by atoms with E-state index in [0.29, 0.717) is 11.3 Å². The Balaban J connectivity index is 1.95. The van der Waals surface area contributed by atoms with Gasteiger partial charge in [-0.25, -0.2) is 4.98 Å². The predicted molar refractivity (Wildman–Crippen MR) is 86.4 cm³/mol. The number of hydrogen-bond acceptors (Lipinski definition) is 3. The Morgan fingerprint density at radius 1 is 1.27 bits per heavy atom. The molecule has 0 saturated heterocycles. The SMILES string of the molecule is O=C(/C=C/CO)Nc1c[nH]c2ncc(-c3ccccc3)cc12. The molecule has 0 spiro atoms. The van der Waals surface area contributed by atoms with Gasteiger partial charge in [-0.2, -0.15) is 0 Å². The van der Waals surface area contributed by atoms with Crippen LogP contribution in [0.3, 0.4) is 0 Å². The number of benzene rings is 1. The van der Waals surface area contributed by atoms with Gasteiger partial charge in [-0.3, -0.25) is 4.79 Å². The predicted octanol–water partition coefficient (Wildman–Crippen LogP) is 2.72. The standard InChI is InChI=1S/C17H15N3O2/c21-8-4-7-16(22)20-15-11-19-17-14(15)9-13(10-18-17)12-5-2-1-3-6-12/h1-7,9-11,21H,8H2,(H,18,19)(H,20,22)/b7-4+. The van der Waals surface area contributed by atoms with Gasteiger partial charge >= 0.3 is 0 Å². The molecule has 2 heterocycles. The lowest BCUT2D eigenvalue weighted by atomic mass is 10.1. The summed E-state index contributed by atoms with van der Waals surface area (Å²) in [6.45, 7) is -0.166. The first-order chi connectivity index (χ1) is 10.8. The Morgan fingerprint density at radius 2 is 2.09 bits per heavy atom. The number of pyridine rings is 1. The minimum Gasteiger partial charge on any atom is -0.392 e. The maximum absolute atomic E-state index is 11.7. The largest absolute Gasteiger partial charge is 0.392 e. The molecule has 0 fully saturated rings. The van der Waals surface area contributed by atoms with Crippen molar-refractivity contribution in [2.24, 2.45) is 0 Å². The third kappa shape index (κ3) is 2.89. The lowest BCUT2D eigenvalue weighted by Gasteiger charge is -2.03. The molecule has 1 aromatic carbocycles. The zero-order valence-electron chi connectivity index (χ0n) is 11.8. The normalized spacial score (nSPS) is 11.1. The number of fused-ring (bicyclic) bond motifs is 1. The highest BCUT2D eigenvalue weighted by Gasteiger charge is 2.08. The van der Waals surface area contributed by atoms with E-state index >= 15 is 0 Å². The maximum atomic E-state index is 11.7. The van der Waals surface area contributed by atoms with Crippen LogP contribution < -0.4 is 5.32 Å². The number of anilines is 1. The van der Waals surface area contributed by atoms with Crippen LogP contribution in [0.25, 0.3) is 22.2 Å². The zero-order valence-corrected chi connectivity index (χ0v) is 11.8. The summed E-state index contributed by atoms with van der Waals surface area (Å²) in [6, 6.07) is 11.9. The second kappa shape index (κ2) is 6.24. The lowest BCUT2D eigenvalue weighted by molar-refractivity contribution is -0.111. The number of H-pyrrole nitrogens is 1. The van der Waals surface area contributed by atoms with Gasteiger partial charge < -0.3 is 15.4 Å². The molecule has 5 heteroatoms. The molecule has 0 aliphatic heterocycles. The molecular formula is C17H15N3O2. The first-order valence-corrected chi connectivity index (χ1v) is 6.89. The smallest absolute Gasteiger partial charge is 0.248 e. The summed E-state index contributed by atoms with van der Waals surface area (Å²) in [5.74, 6) is -0.292. The maximum Gasteiger partial charge on any atom is 0.248 e. The van der Waals surface area contributed by atoms with Gasteiger partial charge in [-0.05, 0) is 11.6 Å². The molecular weight excluding hydrogens is 278 g/mol. The van der Waals surface area contributed by atoms with E-state index in [1.165, 1.54) is 12.2 Å². The first kappa shape index (κ1) is 14.0. The summed E-state index contributed by atoms with van der Waals surface area (Å²) in [4.78, 5) is 19.1. The van der Waals surface area contributed by atoms with Crippen molar-refractivity contribution in [3.8, 4) is 11.1 Å². The second-order valence-electron chi connectivity index (χ2n) is 4.76. The third-order valence-corrected chi connectivity index (χ3v) is 3.27. The minimum absolute atomic E-state index is 0.166. The van der Waals surface area contributed by atoms with Gasteiger partial charge in [0.25, 0.3) is 0 Å². The van der Waals surface area contributed by atoms with Crippen molar-refractivity contribution in [3.63, 3.8) is 0 Å². The van der Waals surface area contributed by atoms with Crippen LogP contribution in [0.1, 0.15) is 0 Å². The number of nitrogens with zero attached hydrogens (tertiary/aromatic N) is 1. The van der Waals surface area contributed by atoms with E-state index in [4.69, 9.17) is 5.11 Å². The molecule has 0 saturated carbocycles. The summed E-state index contributed by atoms with van der Waals surface area (Å²) in [5.41, 5.74) is 3.42. The van der Waals surface area contributed by atoms with Gasteiger partial charge in [0.15, 0.2) is 0 Å². The van der Waals surface area contributed by atoms with E-state index in [2.05, 4.69) is 15.3 Å². The van der Waals surface area contributed by atoms with E-state index in [9.17, 15) is 4.79 Å². The van der Waals surface area contributed by atoms with E-state index in [0.717, 1.165) is 16.5 Å². The lowest BCUT2D eigenvalue weighted by Crippen LogP contribution is -2.07. The average molecular weight is 293 g/mol. The molecule has 0 aliphatic rings. The van der Waals surface area contributed by atoms with E-state index in [1.807, 2.05) is 36.4 Å². The van der Waals surface area contributed by atoms with Gasteiger partial charge in [-0.15, -0.1) is 0 Å². The third-order valence-electron chi connectivity index (χ3n) is 3.27. The quantitative estimate of drug-likeness (QED) is 0.647. The van der Waals surface area contributed by atoms with Gasteiger partial charge in [0.2, 0.25) is 5.91 Å². The fraction of sp³-hybridized carbons (Fsp3) is 0.0588. The fourth-order valence-corrected chi connectivity index (χ4v) is 2.23. The summed E-state index contributed by atoms with van der Waals surface area (Å²) in [7, 11) is 0. The van der Waals surface area contributed by atoms with Crippen LogP contribution in [-0.2, 0) is 4.79 Å². The zero-order chi connectivity index (χ0) is 15.4. The van der Waals surface area contributed by atoms with Crippen molar-refractivity contribution in [3.05, 3.63) is 60.9 Å². The molecule has 0 radical (unpaired) electrons. The minimum atomic E-state index is -0.292. The molecule has 3 N–H and O–H groups in total. The van der Waals surface area contributed by atoms with Crippen molar-refractivity contribution in [2.45, 2.75) is 0 Å². The highest BCUT2D eigenvalue weighted by atomic mass is 16.2. The number of carbonyl (C=O) groups is 1. The number of rotatable bonds is 4. The van der Waals surface area contributed by atoms with Crippen molar-refractivity contribution in [1.29, 1.82) is 0 Å². The monoisotopic (exact) mass is 293 g/mol. The van der Waals surface area contributed by atoms with E-state index < -0.39 is 0 Å². The van der Waals surface area contributed by atoms with Gasteiger partial charge in [0.05, 0.1) is 12.3 Å². The number of aliphatic hydroxyl groups is 1. The van der Waals surface area contributed by atoms with Crippen LogP contribution >= 0.6 is 0 Å². The second-order valence-corrected chi connectivity index (χ2v) is 4.76.